The number of benzene rings is 1. The maximum atomic E-state index is 11.7. The molecule has 0 radical (unpaired) electrons. The number of rotatable bonds is 6. The standard InChI is InChI=1S/C16H23N3O2/c1-5-10-19-13-9-7-6-8-12(13)18-14(19)11-17-16(2,3)15(20)21-4/h6-9,17H,5,10-11H2,1-4H3. The fraction of sp³-hybridized carbons (Fsp3) is 0.500. The molecule has 114 valence electrons. The molecule has 0 spiro atoms. The highest BCUT2D eigenvalue weighted by Gasteiger charge is 2.28. The lowest BCUT2D eigenvalue weighted by atomic mass is 10.1. The van der Waals surface area contributed by atoms with Gasteiger partial charge in [0.15, 0.2) is 0 Å². The van der Waals surface area contributed by atoms with Crippen LogP contribution < -0.4 is 5.32 Å². The minimum Gasteiger partial charge on any atom is -0.468 e. The summed E-state index contributed by atoms with van der Waals surface area (Å²) in [6.45, 7) is 7.20. The third-order valence-electron chi connectivity index (χ3n) is 3.56. The zero-order valence-electron chi connectivity index (χ0n) is 13.1. The SMILES string of the molecule is CCCn1c(CNC(C)(C)C(=O)OC)nc2ccccc21. The van der Waals surface area contributed by atoms with Gasteiger partial charge < -0.3 is 9.30 Å². The average molecular weight is 289 g/mol. The Balaban J connectivity index is 2.25. The largest absolute Gasteiger partial charge is 0.468 e. The summed E-state index contributed by atoms with van der Waals surface area (Å²) in [7, 11) is 1.40. The quantitative estimate of drug-likeness (QED) is 0.830. The topological polar surface area (TPSA) is 56.2 Å². The van der Waals surface area contributed by atoms with Crippen molar-refractivity contribution in [2.75, 3.05) is 7.11 Å². The van der Waals surface area contributed by atoms with Gasteiger partial charge in [0.05, 0.1) is 24.7 Å². The fourth-order valence-electron chi connectivity index (χ4n) is 2.36. The van der Waals surface area contributed by atoms with Gasteiger partial charge in [0.1, 0.15) is 11.4 Å². The summed E-state index contributed by atoms with van der Waals surface area (Å²) in [6.07, 6.45) is 1.04. The van der Waals surface area contributed by atoms with E-state index in [1.54, 1.807) is 0 Å². The minimum absolute atomic E-state index is 0.277. The Kier molecular flexibility index (Phi) is 4.63. The summed E-state index contributed by atoms with van der Waals surface area (Å²) in [6, 6.07) is 8.09. The summed E-state index contributed by atoms with van der Waals surface area (Å²) in [5.41, 5.74) is 1.38. The highest BCUT2D eigenvalue weighted by Crippen LogP contribution is 2.17. The number of hydrogen-bond acceptors (Lipinski definition) is 4. The zero-order chi connectivity index (χ0) is 15.5. The summed E-state index contributed by atoms with van der Waals surface area (Å²) in [4.78, 5) is 16.4. The second-order valence-corrected chi connectivity index (χ2v) is 5.64. The fourth-order valence-corrected chi connectivity index (χ4v) is 2.36. The first-order valence-corrected chi connectivity index (χ1v) is 7.27. The number of para-hydroxylation sites is 2. The van der Waals surface area contributed by atoms with Gasteiger partial charge in [-0.05, 0) is 32.4 Å². The lowest BCUT2D eigenvalue weighted by Gasteiger charge is -2.23. The van der Waals surface area contributed by atoms with E-state index in [-0.39, 0.29) is 5.97 Å². The number of aromatic nitrogens is 2. The molecule has 0 bridgehead atoms. The predicted molar refractivity (Wildman–Crippen MR) is 83.0 cm³/mol. The molecule has 1 N–H and O–H groups in total. The highest BCUT2D eigenvalue weighted by molar-refractivity contribution is 5.79. The highest BCUT2D eigenvalue weighted by atomic mass is 16.5. The van der Waals surface area contributed by atoms with Gasteiger partial charge in [-0.3, -0.25) is 10.1 Å². The molecule has 2 rings (SSSR count). The zero-order valence-corrected chi connectivity index (χ0v) is 13.1. The van der Waals surface area contributed by atoms with Crippen LogP contribution in [0.3, 0.4) is 0 Å². The molecule has 21 heavy (non-hydrogen) atoms. The molecular weight excluding hydrogens is 266 g/mol. The van der Waals surface area contributed by atoms with E-state index < -0.39 is 5.54 Å². The van der Waals surface area contributed by atoms with Gasteiger partial charge >= 0.3 is 5.97 Å². The van der Waals surface area contributed by atoms with Crippen molar-refractivity contribution >= 4 is 17.0 Å². The molecule has 0 aliphatic rings. The van der Waals surface area contributed by atoms with Crippen molar-refractivity contribution < 1.29 is 9.53 Å². The van der Waals surface area contributed by atoms with Gasteiger partial charge in [0.2, 0.25) is 0 Å². The van der Waals surface area contributed by atoms with Gasteiger partial charge in [-0.25, -0.2) is 4.98 Å². The van der Waals surface area contributed by atoms with E-state index in [9.17, 15) is 4.79 Å². The molecule has 0 amide bonds. The molecule has 0 unspecified atom stereocenters. The molecule has 0 fully saturated rings. The van der Waals surface area contributed by atoms with Crippen molar-refractivity contribution in [3.8, 4) is 0 Å². The molecule has 1 aromatic carbocycles. The molecule has 0 atom stereocenters. The number of carbonyl (C=O) groups excluding carboxylic acids is 1. The summed E-state index contributed by atoms with van der Waals surface area (Å²) < 4.78 is 7.02. The first-order valence-electron chi connectivity index (χ1n) is 7.27. The lowest BCUT2D eigenvalue weighted by molar-refractivity contribution is -0.147. The van der Waals surface area contributed by atoms with Crippen LogP contribution in [0.15, 0.2) is 24.3 Å². The summed E-state index contributed by atoms with van der Waals surface area (Å²) in [5, 5.41) is 3.23. The number of aryl methyl sites for hydroxylation is 1. The van der Waals surface area contributed by atoms with Crippen LogP contribution in [0.4, 0.5) is 0 Å². The van der Waals surface area contributed by atoms with Crippen LogP contribution in [0, 0.1) is 0 Å². The Bertz CT molecular complexity index is 631. The van der Waals surface area contributed by atoms with Crippen molar-refractivity contribution in [3.05, 3.63) is 30.1 Å². The molecule has 0 aliphatic carbocycles. The van der Waals surface area contributed by atoms with Crippen molar-refractivity contribution in [1.29, 1.82) is 0 Å². The van der Waals surface area contributed by atoms with E-state index in [1.165, 1.54) is 7.11 Å². The minimum atomic E-state index is -0.732. The number of methoxy groups -OCH3 is 1. The molecule has 0 aliphatic heterocycles. The van der Waals surface area contributed by atoms with E-state index in [4.69, 9.17) is 4.74 Å². The van der Waals surface area contributed by atoms with Crippen LogP contribution in [0.5, 0.6) is 0 Å². The Morgan fingerprint density at radius 1 is 1.38 bits per heavy atom. The number of fused-ring (bicyclic) bond motifs is 1. The predicted octanol–water partition coefficient (Wildman–Crippen LogP) is 2.49. The van der Waals surface area contributed by atoms with E-state index in [1.807, 2.05) is 32.0 Å². The van der Waals surface area contributed by atoms with Crippen molar-refractivity contribution in [2.45, 2.75) is 45.8 Å². The smallest absolute Gasteiger partial charge is 0.325 e. The van der Waals surface area contributed by atoms with Gasteiger partial charge in [0.25, 0.3) is 0 Å². The number of hydrogen-bond donors (Lipinski definition) is 1. The maximum absolute atomic E-state index is 11.7. The van der Waals surface area contributed by atoms with E-state index >= 15 is 0 Å². The van der Waals surface area contributed by atoms with Crippen molar-refractivity contribution in [3.63, 3.8) is 0 Å². The lowest BCUT2D eigenvalue weighted by Crippen LogP contribution is -2.47. The molecule has 0 saturated heterocycles. The van der Waals surface area contributed by atoms with E-state index in [0.29, 0.717) is 6.54 Å². The molecule has 5 heteroatoms. The van der Waals surface area contributed by atoms with Crippen molar-refractivity contribution in [1.82, 2.24) is 14.9 Å². The van der Waals surface area contributed by atoms with Crippen LogP contribution in [0.2, 0.25) is 0 Å². The molecule has 0 saturated carbocycles. The Morgan fingerprint density at radius 3 is 2.76 bits per heavy atom. The molecule has 1 aromatic heterocycles. The molecule has 2 aromatic rings. The number of esters is 1. The second kappa shape index (κ2) is 6.26. The average Bonchev–Trinajstić information content (AvgIpc) is 2.83. The third-order valence-corrected chi connectivity index (χ3v) is 3.56. The number of ether oxygens (including phenoxy) is 1. The molecular formula is C16H23N3O2. The van der Waals surface area contributed by atoms with Gasteiger partial charge in [-0.1, -0.05) is 19.1 Å². The van der Waals surface area contributed by atoms with Gasteiger partial charge in [-0.2, -0.15) is 0 Å². The van der Waals surface area contributed by atoms with Crippen molar-refractivity contribution in [2.24, 2.45) is 0 Å². The number of carbonyl (C=O) groups is 1. The molecule has 5 nitrogen and oxygen atoms in total. The van der Waals surface area contributed by atoms with Gasteiger partial charge in [0, 0.05) is 6.54 Å². The second-order valence-electron chi connectivity index (χ2n) is 5.64. The first-order chi connectivity index (χ1) is 9.99. The number of nitrogens with one attached hydrogen (secondary N) is 1. The Morgan fingerprint density at radius 2 is 2.10 bits per heavy atom. The normalized spacial score (nSPS) is 11.8. The van der Waals surface area contributed by atoms with Crippen LogP contribution >= 0.6 is 0 Å². The third kappa shape index (κ3) is 3.24. The van der Waals surface area contributed by atoms with Crippen LogP contribution in [-0.4, -0.2) is 28.2 Å². The number of nitrogens with zero attached hydrogens (tertiary/aromatic N) is 2. The van der Waals surface area contributed by atoms with Crippen LogP contribution in [-0.2, 0) is 22.6 Å². The number of imidazole rings is 1. The monoisotopic (exact) mass is 289 g/mol. The summed E-state index contributed by atoms with van der Waals surface area (Å²) in [5.74, 6) is 0.663. The Hall–Kier alpha value is -1.88. The Labute approximate surface area is 125 Å². The van der Waals surface area contributed by atoms with E-state index in [0.717, 1.165) is 29.8 Å². The van der Waals surface area contributed by atoms with Crippen LogP contribution in [0.1, 0.15) is 33.0 Å². The first kappa shape index (κ1) is 15.5. The summed E-state index contributed by atoms with van der Waals surface area (Å²) >= 11 is 0. The maximum Gasteiger partial charge on any atom is 0.325 e. The van der Waals surface area contributed by atoms with Gasteiger partial charge in [-0.15, -0.1) is 0 Å². The van der Waals surface area contributed by atoms with E-state index in [2.05, 4.69) is 27.9 Å². The van der Waals surface area contributed by atoms with Crippen LogP contribution in [0.25, 0.3) is 11.0 Å². The molecule has 1 heterocycles.